The van der Waals surface area contributed by atoms with Crippen LogP contribution in [-0.2, 0) is 4.74 Å². The molecule has 2 aliphatic carbocycles. The van der Waals surface area contributed by atoms with Crippen LogP contribution < -0.4 is 0 Å². The number of carbonyl (C=O) groups excluding carboxylic acids is 1. The Morgan fingerprint density at radius 2 is 1.46 bits per heavy atom. The van der Waals surface area contributed by atoms with Crippen LogP contribution in [0.25, 0.3) is 11.1 Å². The lowest BCUT2D eigenvalue weighted by Crippen LogP contribution is -2.60. The van der Waals surface area contributed by atoms with Crippen molar-refractivity contribution in [3.8, 4) is 11.1 Å². The van der Waals surface area contributed by atoms with Crippen LogP contribution in [0.15, 0.2) is 48.5 Å². The predicted molar refractivity (Wildman–Crippen MR) is 138 cm³/mol. The molecule has 2 atom stereocenters. The molecule has 2 saturated heterocycles. The summed E-state index contributed by atoms with van der Waals surface area (Å²) in [7, 11) is 0. The molecule has 4 nitrogen and oxygen atoms in total. The first-order chi connectivity index (χ1) is 17.1. The lowest BCUT2D eigenvalue weighted by Gasteiger charge is -2.51. The average molecular weight is 474 g/mol. The third kappa shape index (κ3) is 4.50. The van der Waals surface area contributed by atoms with Crippen LogP contribution in [0, 0.1) is 5.92 Å². The normalized spacial score (nSPS) is 28.4. The molecule has 0 aromatic heterocycles. The second-order valence-electron chi connectivity index (χ2n) is 11.6. The lowest BCUT2D eigenvalue weighted by atomic mass is 9.72. The van der Waals surface area contributed by atoms with Crippen molar-refractivity contribution in [2.75, 3.05) is 6.61 Å². The molecule has 1 saturated carbocycles. The number of amides is 1. The van der Waals surface area contributed by atoms with Gasteiger partial charge in [0.25, 0.3) is 0 Å². The Bertz CT molecular complexity index is 999. The molecule has 3 fully saturated rings. The zero-order valence-corrected chi connectivity index (χ0v) is 20.8. The molecule has 2 unspecified atom stereocenters. The van der Waals surface area contributed by atoms with E-state index in [-0.39, 0.29) is 24.1 Å². The number of carbonyl (C=O) groups is 1. The molecule has 2 heterocycles. The summed E-state index contributed by atoms with van der Waals surface area (Å²) < 4.78 is 6.04. The van der Waals surface area contributed by atoms with E-state index >= 15 is 0 Å². The molecule has 2 aromatic rings. The molecule has 1 amide bonds. The van der Waals surface area contributed by atoms with Crippen molar-refractivity contribution >= 4 is 6.09 Å². The summed E-state index contributed by atoms with van der Waals surface area (Å²) in [6.45, 7) is 0.370. The summed E-state index contributed by atoms with van der Waals surface area (Å²) in [5, 5.41) is 11.5. The van der Waals surface area contributed by atoms with Gasteiger partial charge in [0.05, 0.1) is 5.60 Å². The smallest absolute Gasteiger partial charge is 0.410 e. The first kappa shape index (κ1) is 23.1. The first-order valence-electron chi connectivity index (χ1n) is 14.0. The van der Waals surface area contributed by atoms with E-state index in [1.807, 2.05) is 4.90 Å². The van der Waals surface area contributed by atoms with Crippen LogP contribution in [0.5, 0.6) is 0 Å². The van der Waals surface area contributed by atoms with Gasteiger partial charge in [-0.3, -0.25) is 0 Å². The van der Waals surface area contributed by atoms with E-state index in [0.717, 1.165) is 38.0 Å². The Morgan fingerprint density at radius 3 is 2.09 bits per heavy atom. The zero-order chi connectivity index (χ0) is 23.8. The van der Waals surface area contributed by atoms with Crippen LogP contribution in [-0.4, -0.2) is 40.4 Å². The maximum absolute atomic E-state index is 13.4. The second-order valence-corrected chi connectivity index (χ2v) is 11.6. The minimum Gasteiger partial charge on any atom is -0.448 e. The van der Waals surface area contributed by atoms with Gasteiger partial charge in [0.2, 0.25) is 0 Å². The first-order valence-corrected chi connectivity index (χ1v) is 14.0. The van der Waals surface area contributed by atoms with Gasteiger partial charge < -0.3 is 14.7 Å². The molecule has 0 radical (unpaired) electrons. The molecular weight excluding hydrogens is 434 g/mol. The Kier molecular flexibility index (Phi) is 6.34. The van der Waals surface area contributed by atoms with Gasteiger partial charge in [-0.15, -0.1) is 0 Å². The van der Waals surface area contributed by atoms with Crippen molar-refractivity contribution in [2.24, 2.45) is 5.92 Å². The van der Waals surface area contributed by atoms with Gasteiger partial charge >= 0.3 is 6.09 Å². The second kappa shape index (κ2) is 9.61. The van der Waals surface area contributed by atoms with E-state index in [1.165, 1.54) is 54.4 Å². The van der Waals surface area contributed by atoms with Gasteiger partial charge in [-0.05, 0) is 73.1 Å². The molecule has 0 spiro atoms. The summed E-state index contributed by atoms with van der Waals surface area (Å²) >= 11 is 0. The Hall–Kier alpha value is -2.33. The van der Waals surface area contributed by atoms with Crippen LogP contribution in [0.4, 0.5) is 4.79 Å². The van der Waals surface area contributed by atoms with Crippen LogP contribution >= 0.6 is 0 Å². The summed E-state index contributed by atoms with van der Waals surface area (Å²) in [5.41, 5.74) is 4.38. The fraction of sp³-hybridized carbons (Fsp3) is 0.581. The van der Waals surface area contributed by atoms with Crippen molar-refractivity contribution < 1.29 is 14.6 Å². The monoisotopic (exact) mass is 473 g/mol. The Balaban J connectivity index is 1.12. The minimum atomic E-state index is -0.618. The van der Waals surface area contributed by atoms with Crippen molar-refractivity contribution in [1.29, 1.82) is 0 Å². The van der Waals surface area contributed by atoms with Gasteiger partial charge in [0, 0.05) is 18.0 Å². The maximum atomic E-state index is 13.4. The summed E-state index contributed by atoms with van der Waals surface area (Å²) in [6, 6.07) is 17.2. The fourth-order valence-corrected chi connectivity index (χ4v) is 7.65. The van der Waals surface area contributed by atoms with Crippen LogP contribution in [0.3, 0.4) is 0 Å². The molecule has 186 valence electrons. The number of nitrogens with zero attached hydrogens (tertiary/aromatic N) is 1. The number of hydrogen-bond acceptors (Lipinski definition) is 3. The SMILES string of the molecule is O=C(OCC1c2ccccc2-c2ccccc21)N1C2CCCC1CC(O)(CCC1CCCCC1)C2. The molecule has 2 aliphatic heterocycles. The molecule has 6 rings (SSSR count). The molecule has 35 heavy (non-hydrogen) atoms. The summed E-state index contributed by atoms with van der Waals surface area (Å²) in [4.78, 5) is 15.4. The van der Waals surface area contributed by atoms with Gasteiger partial charge in [0.1, 0.15) is 6.61 Å². The van der Waals surface area contributed by atoms with Crippen molar-refractivity contribution in [3.05, 3.63) is 59.7 Å². The number of hydrogen-bond donors (Lipinski definition) is 1. The summed E-state index contributed by atoms with van der Waals surface area (Å²) in [5.74, 6) is 0.871. The average Bonchev–Trinajstić information content (AvgIpc) is 3.20. The maximum Gasteiger partial charge on any atom is 0.410 e. The number of ether oxygens (including phenoxy) is 1. The third-order valence-electron chi connectivity index (χ3n) is 9.38. The topological polar surface area (TPSA) is 49.8 Å². The number of aliphatic hydroxyl groups is 1. The molecule has 4 heteroatoms. The number of benzene rings is 2. The Morgan fingerprint density at radius 1 is 0.857 bits per heavy atom. The predicted octanol–water partition coefficient (Wildman–Crippen LogP) is 7.04. The quantitative estimate of drug-likeness (QED) is 0.506. The molecule has 4 aliphatic rings. The molecular formula is C31H39NO3. The molecule has 1 N–H and O–H groups in total. The highest BCUT2D eigenvalue weighted by molar-refractivity contribution is 5.79. The standard InChI is InChI=1S/C31H39NO3/c33-30(35-21-29-27-15-6-4-13-25(27)26-14-5-7-16-28(26)29)32-23-11-8-12-24(32)20-31(34,19-23)18-17-22-9-2-1-3-10-22/h4-7,13-16,22-24,29,34H,1-3,8-12,17-21H2. The van der Waals surface area contributed by atoms with Crippen molar-refractivity contribution in [1.82, 2.24) is 4.90 Å². The highest BCUT2D eigenvalue weighted by Crippen LogP contribution is 2.46. The largest absolute Gasteiger partial charge is 0.448 e. The van der Waals surface area contributed by atoms with Crippen molar-refractivity contribution in [2.45, 2.75) is 101 Å². The summed E-state index contributed by atoms with van der Waals surface area (Å²) in [6.07, 6.45) is 13.1. The minimum absolute atomic E-state index is 0.0865. The van der Waals surface area contributed by atoms with Crippen LogP contribution in [0.1, 0.15) is 94.1 Å². The van der Waals surface area contributed by atoms with Gasteiger partial charge in [0.15, 0.2) is 0 Å². The lowest BCUT2D eigenvalue weighted by molar-refractivity contribution is -0.0911. The number of piperidine rings is 2. The van der Waals surface area contributed by atoms with E-state index in [1.54, 1.807) is 0 Å². The Labute approximate surface area is 209 Å². The van der Waals surface area contributed by atoms with Gasteiger partial charge in [-0.2, -0.15) is 0 Å². The van der Waals surface area contributed by atoms with E-state index < -0.39 is 5.60 Å². The third-order valence-corrected chi connectivity index (χ3v) is 9.38. The molecule has 2 aromatic carbocycles. The highest BCUT2D eigenvalue weighted by Gasteiger charge is 2.48. The van der Waals surface area contributed by atoms with E-state index in [2.05, 4.69) is 48.5 Å². The zero-order valence-electron chi connectivity index (χ0n) is 20.8. The number of rotatable bonds is 5. The van der Waals surface area contributed by atoms with E-state index in [4.69, 9.17) is 4.74 Å². The van der Waals surface area contributed by atoms with Gasteiger partial charge in [-0.1, -0.05) is 80.6 Å². The molecule has 2 bridgehead atoms. The fourth-order valence-electron chi connectivity index (χ4n) is 7.65. The van der Waals surface area contributed by atoms with Crippen molar-refractivity contribution in [3.63, 3.8) is 0 Å². The van der Waals surface area contributed by atoms with Gasteiger partial charge in [-0.25, -0.2) is 4.79 Å². The highest BCUT2D eigenvalue weighted by atomic mass is 16.6. The van der Waals surface area contributed by atoms with E-state index in [0.29, 0.717) is 19.4 Å². The van der Waals surface area contributed by atoms with E-state index in [9.17, 15) is 9.90 Å². The van der Waals surface area contributed by atoms with Crippen LogP contribution in [0.2, 0.25) is 0 Å². The number of fused-ring (bicyclic) bond motifs is 5.